The van der Waals surface area contributed by atoms with Crippen LogP contribution in [-0.2, 0) is 6.54 Å². The van der Waals surface area contributed by atoms with Crippen LogP contribution in [0.4, 0.5) is 11.4 Å². The molecule has 2 N–H and O–H groups in total. The molecule has 3 rings (SSSR count). The van der Waals surface area contributed by atoms with Crippen LogP contribution in [0.15, 0.2) is 60.9 Å². The van der Waals surface area contributed by atoms with Gasteiger partial charge in [-0.15, -0.1) is 0 Å². The van der Waals surface area contributed by atoms with Crippen LogP contribution in [0, 0.1) is 6.92 Å². The number of amides is 1. The molecular formula is C19H17ClN4O. The number of rotatable bonds is 5. The van der Waals surface area contributed by atoms with Crippen molar-refractivity contribution in [3.63, 3.8) is 0 Å². The molecule has 1 amide bonds. The SMILES string of the molecule is Cc1ccc(Cl)cc1Nc1ccc(C(=O)NCc2ccccn2)nc1. The van der Waals surface area contributed by atoms with Crippen LogP contribution in [-0.4, -0.2) is 15.9 Å². The number of aryl methyl sites for hydroxylation is 1. The Balaban J connectivity index is 1.63. The van der Waals surface area contributed by atoms with Crippen molar-refractivity contribution < 1.29 is 4.79 Å². The zero-order chi connectivity index (χ0) is 17.6. The molecule has 3 aromatic rings. The molecule has 0 unspecified atom stereocenters. The molecule has 0 radical (unpaired) electrons. The van der Waals surface area contributed by atoms with Gasteiger partial charge in [-0.1, -0.05) is 23.7 Å². The van der Waals surface area contributed by atoms with Crippen molar-refractivity contribution in [2.24, 2.45) is 0 Å². The van der Waals surface area contributed by atoms with E-state index in [2.05, 4.69) is 20.6 Å². The van der Waals surface area contributed by atoms with Crippen LogP contribution in [0.3, 0.4) is 0 Å². The van der Waals surface area contributed by atoms with Crippen LogP contribution in [0.25, 0.3) is 0 Å². The lowest BCUT2D eigenvalue weighted by molar-refractivity contribution is 0.0945. The summed E-state index contributed by atoms with van der Waals surface area (Å²) in [5.41, 5.74) is 3.91. The number of halogens is 1. The molecule has 0 saturated carbocycles. The summed E-state index contributed by atoms with van der Waals surface area (Å²) in [6.07, 6.45) is 3.31. The Morgan fingerprint density at radius 1 is 1.12 bits per heavy atom. The summed E-state index contributed by atoms with van der Waals surface area (Å²) < 4.78 is 0. The third-order valence-corrected chi connectivity index (χ3v) is 3.87. The molecule has 0 saturated heterocycles. The molecule has 2 heterocycles. The molecule has 25 heavy (non-hydrogen) atoms. The van der Waals surface area contributed by atoms with Crippen molar-refractivity contribution in [3.8, 4) is 0 Å². The van der Waals surface area contributed by atoms with Gasteiger partial charge in [-0.3, -0.25) is 9.78 Å². The molecular weight excluding hydrogens is 336 g/mol. The summed E-state index contributed by atoms with van der Waals surface area (Å²) in [5.74, 6) is -0.240. The molecule has 5 nitrogen and oxygen atoms in total. The van der Waals surface area contributed by atoms with Gasteiger partial charge in [0.05, 0.1) is 24.1 Å². The van der Waals surface area contributed by atoms with Crippen molar-refractivity contribution in [1.82, 2.24) is 15.3 Å². The fourth-order valence-electron chi connectivity index (χ4n) is 2.25. The molecule has 0 aliphatic heterocycles. The van der Waals surface area contributed by atoms with Gasteiger partial charge in [-0.25, -0.2) is 4.98 Å². The zero-order valence-electron chi connectivity index (χ0n) is 13.7. The lowest BCUT2D eigenvalue weighted by Gasteiger charge is -2.10. The van der Waals surface area contributed by atoms with Crippen LogP contribution < -0.4 is 10.6 Å². The van der Waals surface area contributed by atoms with E-state index in [0.29, 0.717) is 17.3 Å². The van der Waals surface area contributed by atoms with Crippen molar-refractivity contribution in [3.05, 3.63) is 82.9 Å². The van der Waals surface area contributed by atoms with Gasteiger partial charge in [0.2, 0.25) is 0 Å². The maximum absolute atomic E-state index is 12.1. The van der Waals surface area contributed by atoms with Crippen LogP contribution in [0.1, 0.15) is 21.7 Å². The van der Waals surface area contributed by atoms with Gasteiger partial charge in [0, 0.05) is 16.9 Å². The minimum atomic E-state index is -0.240. The first kappa shape index (κ1) is 16.9. The normalized spacial score (nSPS) is 10.3. The third kappa shape index (κ3) is 4.55. The van der Waals surface area contributed by atoms with Crippen LogP contribution in [0.2, 0.25) is 5.02 Å². The Morgan fingerprint density at radius 2 is 2.00 bits per heavy atom. The van der Waals surface area contributed by atoms with E-state index in [1.165, 1.54) is 0 Å². The first-order valence-electron chi connectivity index (χ1n) is 7.79. The molecule has 6 heteroatoms. The van der Waals surface area contributed by atoms with E-state index in [1.807, 2.05) is 49.4 Å². The fraction of sp³-hybridized carbons (Fsp3) is 0.105. The second-order valence-electron chi connectivity index (χ2n) is 5.52. The molecule has 126 valence electrons. The minimum Gasteiger partial charge on any atom is -0.354 e. The summed E-state index contributed by atoms with van der Waals surface area (Å²) >= 11 is 6.02. The highest BCUT2D eigenvalue weighted by Gasteiger charge is 2.08. The number of nitrogens with zero attached hydrogens (tertiary/aromatic N) is 2. The number of benzene rings is 1. The number of aromatic nitrogens is 2. The maximum atomic E-state index is 12.1. The van der Waals surface area contributed by atoms with E-state index in [-0.39, 0.29) is 5.91 Å². The average Bonchev–Trinajstić information content (AvgIpc) is 2.64. The molecule has 0 atom stereocenters. The molecule has 0 bridgehead atoms. The summed E-state index contributed by atoms with van der Waals surface area (Å²) in [5, 5.41) is 6.71. The lowest BCUT2D eigenvalue weighted by Crippen LogP contribution is -2.24. The first-order valence-corrected chi connectivity index (χ1v) is 8.17. The predicted molar refractivity (Wildman–Crippen MR) is 99.1 cm³/mol. The zero-order valence-corrected chi connectivity index (χ0v) is 14.4. The Bertz CT molecular complexity index is 866. The number of hydrogen-bond acceptors (Lipinski definition) is 4. The number of carbonyl (C=O) groups is 1. The Kier molecular flexibility index (Phi) is 5.26. The van der Waals surface area contributed by atoms with Crippen molar-refractivity contribution in [2.45, 2.75) is 13.5 Å². The van der Waals surface area contributed by atoms with Gasteiger partial charge in [0.15, 0.2) is 0 Å². The van der Waals surface area contributed by atoms with Crippen LogP contribution in [0.5, 0.6) is 0 Å². The number of pyridine rings is 2. The van der Waals surface area contributed by atoms with Gasteiger partial charge < -0.3 is 10.6 Å². The second-order valence-corrected chi connectivity index (χ2v) is 5.96. The highest BCUT2D eigenvalue weighted by molar-refractivity contribution is 6.30. The lowest BCUT2D eigenvalue weighted by atomic mass is 10.2. The fourth-order valence-corrected chi connectivity index (χ4v) is 2.42. The number of carbonyl (C=O) groups excluding carboxylic acids is 1. The van der Waals surface area contributed by atoms with E-state index < -0.39 is 0 Å². The summed E-state index contributed by atoms with van der Waals surface area (Å²) in [6.45, 7) is 2.36. The standard InChI is InChI=1S/C19H17ClN4O/c1-13-5-6-14(20)10-18(13)24-16-7-8-17(22-12-16)19(25)23-11-15-4-2-3-9-21-15/h2-10,12,24H,11H2,1H3,(H,23,25). The minimum absolute atomic E-state index is 0.240. The van der Waals surface area contributed by atoms with E-state index >= 15 is 0 Å². The Hall–Kier alpha value is -2.92. The molecule has 0 fully saturated rings. The predicted octanol–water partition coefficient (Wildman–Crippen LogP) is 4.11. The molecule has 0 spiro atoms. The van der Waals surface area contributed by atoms with Crippen LogP contribution >= 0.6 is 11.6 Å². The largest absolute Gasteiger partial charge is 0.354 e. The highest BCUT2D eigenvalue weighted by atomic mass is 35.5. The topological polar surface area (TPSA) is 66.9 Å². The van der Waals surface area contributed by atoms with Gasteiger partial charge >= 0.3 is 0 Å². The van der Waals surface area contributed by atoms with E-state index in [0.717, 1.165) is 22.6 Å². The molecule has 1 aromatic carbocycles. The molecule has 0 aliphatic carbocycles. The van der Waals surface area contributed by atoms with E-state index in [1.54, 1.807) is 18.5 Å². The number of hydrogen-bond donors (Lipinski definition) is 2. The smallest absolute Gasteiger partial charge is 0.270 e. The third-order valence-electron chi connectivity index (χ3n) is 3.63. The van der Waals surface area contributed by atoms with Gasteiger partial charge in [0.25, 0.3) is 5.91 Å². The number of nitrogens with one attached hydrogen (secondary N) is 2. The molecule has 2 aromatic heterocycles. The Morgan fingerprint density at radius 3 is 2.72 bits per heavy atom. The van der Waals surface area contributed by atoms with E-state index in [9.17, 15) is 4.79 Å². The summed E-state index contributed by atoms with van der Waals surface area (Å²) in [4.78, 5) is 20.5. The number of anilines is 2. The molecule has 0 aliphatic rings. The van der Waals surface area contributed by atoms with Crippen molar-refractivity contribution in [1.29, 1.82) is 0 Å². The first-order chi connectivity index (χ1) is 12.1. The van der Waals surface area contributed by atoms with E-state index in [4.69, 9.17) is 11.6 Å². The highest BCUT2D eigenvalue weighted by Crippen LogP contribution is 2.23. The Labute approximate surface area is 151 Å². The van der Waals surface area contributed by atoms with Crippen molar-refractivity contribution >= 4 is 28.9 Å². The van der Waals surface area contributed by atoms with Crippen molar-refractivity contribution in [2.75, 3.05) is 5.32 Å². The maximum Gasteiger partial charge on any atom is 0.270 e. The quantitative estimate of drug-likeness (QED) is 0.725. The van der Waals surface area contributed by atoms with Gasteiger partial charge in [-0.2, -0.15) is 0 Å². The summed E-state index contributed by atoms with van der Waals surface area (Å²) in [6, 6.07) is 14.7. The van der Waals surface area contributed by atoms with Gasteiger partial charge in [0.1, 0.15) is 5.69 Å². The average molecular weight is 353 g/mol. The summed E-state index contributed by atoms with van der Waals surface area (Å²) in [7, 11) is 0. The van der Waals surface area contributed by atoms with Gasteiger partial charge in [-0.05, 0) is 48.9 Å². The monoisotopic (exact) mass is 352 g/mol. The second kappa shape index (κ2) is 7.77.